The summed E-state index contributed by atoms with van der Waals surface area (Å²) in [6, 6.07) is 8.15. The molecule has 1 aromatic carbocycles. The van der Waals surface area contributed by atoms with E-state index in [-0.39, 0.29) is 18.1 Å². The maximum absolute atomic E-state index is 13.0. The molecular weight excluding hydrogens is 329 g/mol. The van der Waals surface area contributed by atoms with Crippen LogP contribution in [0.1, 0.15) is 10.4 Å². The van der Waals surface area contributed by atoms with Crippen LogP contribution in [0.15, 0.2) is 40.2 Å². The third-order valence-corrected chi connectivity index (χ3v) is 4.37. The maximum Gasteiger partial charge on any atom is 0.227 e. The molecule has 0 bridgehead atoms. The normalized spacial score (nSPS) is 10.5. The van der Waals surface area contributed by atoms with Crippen molar-refractivity contribution in [3.05, 3.63) is 56.4 Å². The fraction of sp³-hybridized carbons (Fsp3) is 0.214. The van der Waals surface area contributed by atoms with Crippen molar-refractivity contribution in [1.82, 2.24) is 4.90 Å². The van der Waals surface area contributed by atoms with Crippen LogP contribution in [0.2, 0.25) is 0 Å². The molecular formula is C14H13BrFNOS. The summed E-state index contributed by atoms with van der Waals surface area (Å²) < 4.78 is 14.1. The highest BCUT2D eigenvalue weighted by molar-refractivity contribution is 9.10. The van der Waals surface area contributed by atoms with Crippen LogP contribution >= 0.6 is 27.3 Å². The van der Waals surface area contributed by atoms with Gasteiger partial charge in [0.1, 0.15) is 5.82 Å². The summed E-state index contributed by atoms with van der Waals surface area (Å²) in [6.07, 6.45) is 0.223. The number of halogens is 2. The average molecular weight is 342 g/mol. The molecule has 0 fully saturated rings. The second kappa shape index (κ2) is 6.30. The number of carbonyl (C=O) groups excluding carboxylic acids is 1. The summed E-state index contributed by atoms with van der Waals surface area (Å²) in [4.78, 5) is 14.8. The Hall–Kier alpha value is -1.20. The van der Waals surface area contributed by atoms with E-state index >= 15 is 0 Å². The Bertz CT molecular complexity index is 584. The molecule has 0 saturated heterocycles. The Morgan fingerprint density at radius 3 is 2.84 bits per heavy atom. The first kappa shape index (κ1) is 14.2. The van der Waals surface area contributed by atoms with E-state index in [1.54, 1.807) is 35.4 Å². The lowest BCUT2D eigenvalue weighted by Crippen LogP contribution is -2.27. The van der Waals surface area contributed by atoms with Crippen molar-refractivity contribution in [2.45, 2.75) is 13.0 Å². The minimum Gasteiger partial charge on any atom is -0.340 e. The van der Waals surface area contributed by atoms with Crippen molar-refractivity contribution >= 4 is 33.2 Å². The van der Waals surface area contributed by atoms with Crippen LogP contribution in [0.5, 0.6) is 0 Å². The largest absolute Gasteiger partial charge is 0.340 e. The van der Waals surface area contributed by atoms with Gasteiger partial charge in [0.2, 0.25) is 5.91 Å². The summed E-state index contributed by atoms with van der Waals surface area (Å²) >= 11 is 4.99. The van der Waals surface area contributed by atoms with Gasteiger partial charge >= 0.3 is 0 Å². The van der Waals surface area contributed by atoms with Crippen molar-refractivity contribution < 1.29 is 9.18 Å². The second-order valence-corrected chi connectivity index (χ2v) is 6.20. The second-order valence-electron chi connectivity index (χ2n) is 4.29. The molecule has 2 nitrogen and oxygen atoms in total. The molecule has 0 radical (unpaired) electrons. The van der Waals surface area contributed by atoms with Crippen molar-refractivity contribution in [3.63, 3.8) is 0 Å². The number of nitrogens with zero attached hydrogens (tertiary/aromatic N) is 1. The van der Waals surface area contributed by atoms with Gasteiger partial charge in [-0.25, -0.2) is 4.39 Å². The predicted octanol–water partition coefficient (Wildman–Crippen LogP) is 3.85. The van der Waals surface area contributed by atoms with Crippen LogP contribution in [-0.4, -0.2) is 17.9 Å². The van der Waals surface area contributed by atoms with Gasteiger partial charge in [-0.1, -0.05) is 12.1 Å². The monoisotopic (exact) mass is 341 g/mol. The summed E-state index contributed by atoms with van der Waals surface area (Å²) in [5.41, 5.74) is 0.698. The number of amides is 1. The summed E-state index contributed by atoms with van der Waals surface area (Å²) in [5, 5.41) is 1.99. The third kappa shape index (κ3) is 4.14. The van der Waals surface area contributed by atoms with Crippen LogP contribution in [-0.2, 0) is 17.8 Å². The summed E-state index contributed by atoms with van der Waals surface area (Å²) in [7, 11) is 1.76. The van der Waals surface area contributed by atoms with Crippen LogP contribution in [0.25, 0.3) is 0 Å². The quantitative estimate of drug-likeness (QED) is 0.827. The van der Waals surface area contributed by atoms with Gasteiger partial charge in [-0.2, -0.15) is 0 Å². The topological polar surface area (TPSA) is 20.3 Å². The van der Waals surface area contributed by atoms with E-state index in [1.807, 2.05) is 11.4 Å². The predicted molar refractivity (Wildman–Crippen MR) is 78.6 cm³/mol. The van der Waals surface area contributed by atoms with Gasteiger partial charge in [0.05, 0.1) is 13.0 Å². The van der Waals surface area contributed by atoms with Crippen LogP contribution in [0.4, 0.5) is 4.39 Å². The highest BCUT2D eigenvalue weighted by Gasteiger charge is 2.11. The zero-order chi connectivity index (χ0) is 13.8. The standard InChI is InChI=1S/C14H13BrFNOS/c1-17(8-13-7-11(15)9-19-13)14(18)6-10-3-2-4-12(16)5-10/h2-5,7,9H,6,8H2,1H3. The molecule has 19 heavy (non-hydrogen) atoms. The van der Waals surface area contributed by atoms with Gasteiger partial charge in [-0.3, -0.25) is 4.79 Å². The molecule has 2 aromatic rings. The molecule has 1 aromatic heterocycles. The molecule has 0 spiro atoms. The SMILES string of the molecule is CN(Cc1cc(Br)cs1)C(=O)Cc1cccc(F)c1. The van der Waals surface area contributed by atoms with Gasteiger partial charge in [-0.15, -0.1) is 11.3 Å². The molecule has 0 atom stereocenters. The molecule has 0 aliphatic heterocycles. The number of rotatable bonds is 4. The number of thiophene rings is 1. The van der Waals surface area contributed by atoms with Crippen LogP contribution in [0, 0.1) is 5.82 Å². The fourth-order valence-electron chi connectivity index (χ4n) is 1.72. The summed E-state index contributed by atoms with van der Waals surface area (Å²) in [6.45, 7) is 0.574. The number of carbonyl (C=O) groups is 1. The number of hydrogen-bond acceptors (Lipinski definition) is 2. The van der Waals surface area contributed by atoms with Crippen LogP contribution in [0.3, 0.4) is 0 Å². The molecule has 0 N–H and O–H groups in total. The summed E-state index contributed by atoms with van der Waals surface area (Å²) in [5.74, 6) is -0.328. The molecule has 2 rings (SSSR count). The Kier molecular flexibility index (Phi) is 4.71. The van der Waals surface area contributed by atoms with E-state index in [0.29, 0.717) is 12.1 Å². The van der Waals surface area contributed by atoms with Gasteiger partial charge in [0.25, 0.3) is 0 Å². The highest BCUT2D eigenvalue weighted by Crippen LogP contribution is 2.21. The Morgan fingerprint density at radius 2 is 2.21 bits per heavy atom. The minimum atomic E-state index is -0.310. The average Bonchev–Trinajstić information content (AvgIpc) is 2.74. The van der Waals surface area contributed by atoms with E-state index in [2.05, 4.69) is 15.9 Å². The van der Waals surface area contributed by atoms with Gasteiger partial charge in [0, 0.05) is 21.8 Å². The van der Waals surface area contributed by atoms with Gasteiger partial charge in [-0.05, 0) is 39.7 Å². The maximum atomic E-state index is 13.0. The zero-order valence-electron chi connectivity index (χ0n) is 10.4. The van der Waals surface area contributed by atoms with Gasteiger partial charge in [0.15, 0.2) is 0 Å². The third-order valence-electron chi connectivity index (χ3n) is 2.68. The first-order chi connectivity index (χ1) is 9.04. The lowest BCUT2D eigenvalue weighted by molar-refractivity contribution is -0.129. The van der Waals surface area contributed by atoms with Crippen LogP contribution < -0.4 is 0 Å². The Morgan fingerprint density at radius 1 is 1.42 bits per heavy atom. The van der Waals surface area contributed by atoms with E-state index in [4.69, 9.17) is 0 Å². The molecule has 100 valence electrons. The van der Waals surface area contributed by atoms with E-state index in [1.165, 1.54) is 12.1 Å². The molecule has 0 aliphatic rings. The Balaban J connectivity index is 1.96. The first-order valence-electron chi connectivity index (χ1n) is 5.76. The number of benzene rings is 1. The lowest BCUT2D eigenvalue weighted by Gasteiger charge is -2.16. The van der Waals surface area contributed by atoms with Crippen molar-refractivity contribution in [2.24, 2.45) is 0 Å². The lowest BCUT2D eigenvalue weighted by atomic mass is 10.1. The highest BCUT2D eigenvalue weighted by atomic mass is 79.9. The number of hydrogen-bond donors (Lipinski definition) is 0. The molecule has 0 aliphatic carbocycles. The molecule has 1 amide bonds. The van der Waals surface area contributed by atoms with E-state index in [0.717, 1.165) is 9.35 Å². The van der Waals surface area contributed by atoms with Crippen molar-refractivity contribution in [1.29, 1.82) is 0 Å². The van der Waals surface area contributed by atoms with E-state index < -0.39 is 0 Å². The molecule has 0 saturated carbocycles. The van der Waals surface area contributed by atoms with Crippen molar-refractivity contribution in [2.75, 3.05) is 7.05 Å². The molecule has 0 unspecified atom stereocenters. The zero-order valence-corrected chi connectivity index (χ0v) is 12.8. The number of likely N-dealkylation sites (N-methyl/N-ethyl adjacent to an activating group) is 1. The molecule has 5 heteroatoms. The van der Waals surface area contributed by atoms with E-state index in [9.17, 15) is 9.18 Å². The molecule has 1 heterocycles. The fourth-order valence-corrected chi connectivity index (χ4v) is 3.22. The first-order valence-corrected chi connectivity index (χ1v) is 7.43. The van der Waals surface area contributed by atoms with Crippen molar-refractivity contribution in [3.8, 4) is 0 Å². The Labute approximate surface area is 124 Å². The van der Waals surface area contributed by atoms with Gasteiger partial charge < -0.3 is 4.90 Å². The minimum absolute atomic E-state index is 0.0184. The smallest absolute Gasteiger partial charge is 0.227 e.